The van der Waals surface area contributed by atoms with Crippen LogP contribution in [0.1, 0.15) is 41.7 Å². The number of pyridine rings is 1. The van der Waals surface area contributed by atoms with Crippen molar-refractivity contribution in [1.82, 2.24) is 10.3 Å². The third-order valence-corrected chi connectivity index (χ3v) is 8.90. The summed E-state index contributed by atoms with van der Waals surface area (Å²) in [6.45, 7) is 0. The van der Waals surface area contributed by atoms with Gasteiger partial charge >= 0.3 is 12.5 Å². The fourth-order valence-electron chi connectivity index (χ4n) is 3.83. The second-order valence-corrected chi connectivity index (χ2v) is 12.6. The molecule has 1 aliphatic rings. The van der Waals surface area contributed by atoms with Gasteiger partial charge in [0.15, 0.2) is 14.9 Å². The van der Waals surface area contributed by atoms with E-state index in [-0.39, 0.29) is 12.8 Å². The molecule has 0 bridgehead atoms. The van der Waals surface area contributed by atoms with E-state index in [4.69, 9.17) is 0 Å². The zero-order chi connectivity index (χ0) is 28.7. The van der Waals surface area contributed by atoms with Crippen molar-refractivity contribution in [2.24, 2.45) is 0 Å². The number of nitrogens with one attached hydrogen (secondary N) is 1. The summed E-state index contributed by atoms with van der Waals surface area (Å²) in [5.74, 6) is -1.99. The minimum Gasteiger partial charge on any atom is -0.406 e. The number of alkyl halides is 7. The van der Waals surface area contributed by atoms with E-state index >= 15 is 4.39 Å². The fourth-order valence-corrected chi connectivity index (χ4v) is 6.38. The molecule has 0 radical (unpaired) electrons. The summed E-state index contributed by atoms with van der Waals surface area (Å²) in [5, 5.41) is -1.69. The number of hydrogen-bond acceptors (Lipinski definition) is 7. The van der Waals surface area contributed by atoms with Crippen molar-refractivity contribution in [1.29, 1.82) is 0 Å². The number of nitrogens with zero attached hydrogens (tertiary/aromatic N) is 1. The molecule has 210 valence electrons. The van der Waals surface area contributed by atoms with Crippen molar-refractivity contribution in [3.8, 4) is 5.75 Å². The van der Waals surface area contributed by atoms with Gasteiger partial charge in [0.1, 0.15) is 11.4 Å². The van der Waals surface area contributed by atoms with Gasteiger partial charge in [-0.15, -0.1) is 13.2 Å². The Morgan fingerprint density at radius 1 is 1.03 bits per heavy atom. The van der Waals surface area contributed by atoms with Crippen molar-refractivity contribution in [2.45, 2.75) is 59.2 Å². The Labute approximate surface area is 212 Å². The smallest absolute Gasteiger partial charge is 0.406 e. The number of halogens is 7. The topological polar surface area (TPSA) is 119 Å². The fraction of sp³-hybridized carbons (Fsp3) is 0.429. The van der Waals surface area contributed by atoms with Gasteiger partial charge in [0.2, 0.25) is 14.8 Å². The molecule has 38 heavy (non-hydrogen) atoms. The average Bonchev–Trinajstić information content (AvgIpc) is 2.78. The molecule has 1 aromatic heterocycles. The van der Waals surface area contributed by atoms with Crippen LogP contribution < -0.4 is 10.1 Å². The molecule has 0 spiro atoms. The highest BCUT2D eigenvalue weighted by molar-refractivity contribution is 7.92. The number of ether oxygens (including phenoxy) is 1. The lowest BCUT2D eigenvalue weighted by molar-refractivity contribution is -0.274. The van der Waals surface area contributed by atoms with E-state index in [2.05, 4.69) is 15.0 Å². The molecule has 2 aromatic rings. The third kappa shape index (κ3) is 6.54. The maximum Gasteiger partial charge on any atom is 0.573 e. The van der Waals surface area contributed by atoms with Crippen LogP contribution >= 0.6 is 0 Å². The van der Waals surface area contributed by atoms with Crippen molar-refractivity contribution >= 4 is 25.6 Å². The van der Waals surface area contributed by atoms with E-state index in [1.165, 1.54) is 0 Å². The second-order valence-electron chi connectivity index (χ2n) is 8.48. The van der Waals surface area contributed by atoms with E-state index in [1.807, 2.05) is 0 Å². The van der Waals surface area contributed by atoms with Gasteiger partial charge in [0.25, 0.3) is 5.91 Å². The van der Waals surface area contributed by atoms with Crippen LogP contribution in [0, 0.1) is 0 Å². The lowest BCUT2D eigenvalue weighted by Crippen LogP contribution is -2.45. The van der Waals surface area contributed by atoms with Crippen molar-refractivity contribution in [2.75, 3.05) is 6.26 Å². The van der Waals surface area contributed by atoms with Crippen molar-refractivity contribution in [3.63, 3.8) is 0 Å². The molecule has 1 saturated carbocycles. The Kier molecular flexibility index (Phi) is 7.77. The van der Waals surface area contributed by atoms with Crippen LogP contribution in [0.2, 0.25) is 0 Å². The number of aromatic nitrogens is 1. The zero-order valence-electron chi connectivity index (χ0n) is 19.2. The van der Waals surface area contributed by atoms with Crippen LogP contribution in [0.15, 0.2) is 46.3 Å². The Morgan fingerprint density at radius 3 is 2.16 bits per heavy atom. The highest BCUT2D eigenvalue weighted by Gasteiger charge is 2.48. The van der Waals surface area contributed by atoms with Crippen LogP contribution in [0.5, 0.6) is 5.75 Å². The highest BCUT2D eigenvalue weighted by Crippen LogP contribution is 2.41. The first-order valence-electron chi connectivity index (χ1n) is 10.6. The normalized spacial score (nSPS) is 21.1. The molecule has 3 rings (SSSR count). The van der Waals surface area contributed by atoms with Crippen molar-refractivity contribution < 1.29 is 57.1 Å². The maximum atomic E-state index is 15.6. The van der Waals surface area contributed by atoms with Gasteiger partial charge in [-0.1, -0.05) is 6.07 Å². The number of amides is 1. The zero-order valence-corrected chi connectivity index (χ0v) is 20.9. The first-order chi connectivity index (χ1) is 17.2. The van der Waals surface area contributed by atoms with Gasteiger partial charge in [0, 0.05) is 12.3 Å². The summed E-state index contributed by atoms with van der Waals surface area (Å²) in [5.41, 5.74) is -2.23. The number of hydrogen-bond donors (Lipinski definition) is 1. The molecular weight excluding hydrogens is 573 g/mol. The number of benzene rings is 1. The summed E-state index contributed by atoms with van der Waals surface area (Å²) < 4.78 is 145. The van der Waals surface area contributed by atoms with E-state index in [0.29, 0.717) is 24.5 Å². The minimum atomic E-state index is -5.11. The molecule has 0 saturated heterocycles. The SMILES string of the molecule is CS(=O)(=O)c1nc(C(F)(F)F)ccc1C(=O)N[C@H]1CC[C@@](F)(S(=O)(=O)c2cccc(OC(F)(F)F)c2)CC1. The number of carbonyl (C=O) groups excluding carboxylic acids is 1. The van der Waals surface area contributed by atoms with Gasteiger partial charge in [-0.25, -0.2) is 26.2 Å². The second kappa shape index (κ2) is 9.98. The maximum absolute atomic E-state index is 15.6. The van der Waals surface area contributed by atoms with E-state index in [1.54, 1.807) is 0 Å². The molecule has 1 amide bonds. The Morgan fingerprint density at radius 2 is 1.63 bits per heavy atom. The summed E-state index contributed by atoms with van der Waals surface area (Å²) in [7, 11) is -9.19. The average molecular weight is 593 g/mol. The van der Waals surface area contributed by atoms with Crippen LogP contribution in [0.3, 0.4) is 0 Å². The van der Waals surface area contributed by atoms with E-state index in [9.17, 15) is 48.0 Å². The van der Waals surface area contributed by atoms with Crippen LogP contribution in [0.4, 0.5) is 30.7 Å². The molecule has 0 atom stereocenters. The molecule has 0 aliphatic heterocycles. The first-order valence-corrected chi connectivity index (χ1v) is 14.0. The molecule has 17 heteroatoms. The molecule has 1 fully saturated rings. The molecule has 1 N–H and O–H groups in total. The van der Waals surface area contributed by atoms with E-state index < -0.39 is 88.9 Å². The van der Waals surface area contributed by atoms with Crippen LogP contribution in [-0.2, 0) is 25.9 Å². The predicted octanol–water partition coefficient (Wildman–Crippen LogP) is 4.21. The number of sulfone groups is 2. The standard InChI is InChI=1S/C21H19F7N2O6S2/c1-37(32,33)18-15(5-6-16(30-18)20(23,24)25)17(31)29-12-7-9-19(22,10-8-12)38(34,35)14-4-2-3-13(11-14)36-21(26,27)28/h2-6,11-12H,7-10H2,1H3,(H,29,31)/t12-,19+. The first kappa shape index (κ1) is 29.6. The Hall–Kier alpha value is -2.95. The summed E-state index contributed by atoms with van der Waals surface area (Å²) >= 11 is 0. The Balaban J connectivity index is 1.76. The third-order valence-electron chi connectivity index (χ3n) is 5.65. The van der Waals surface area contributed by atoms with E-state index in [0.717, 1.165) is 18.2 Å². The molecule has 0 unspecified atom stereocenters. The summed E-state index contributed by atoms with van der Waals surface area (Å²) in [4.78, 5) is 15.0. The number of carbonyl (C=O) groups is 1. The summed E-state index contributed by atoms with van der Waals surface area (Å²) in [6.07, 6.45) is -11.5. The highest BCUT2D eigenvalue weighted by atomic mass is 32.2. The molecular formula is C21H19F7N2O6S2. The predicted molar refractivity (Wildman–Crippen MR) is 116 cm³/mol. The van der Waals surface area contributed by atoms with Gasteiger partial charge in [-0.2, -0.15) is 13.2 Å². The quantitative estimate of drug-likeness (QED) is 0.499. The summed E-state index contributed by atoms with van der Waals surface area (Å²) in [6, 6.07) is 3.37. The lowest BCUT2D eigenvalue weighted by atomic mass is 9.93. The van der Waals surface area contributed by atoms with Gasteiger partial charge in [0.05, 0.1) is 10.5 Å². The number of rotatable bonds is 6. The molecule has 1 heterocycles. The van der Waals surface area contributed by atoms with Crippen LogP contribution in [0.25, 0.3) is 0 Å². The Bertz CT molecular complexity index is 1430. The largest absolute Gasteiger partial charge is 0.573 e. The lowest BCUT2D eigenvalue weighted by Gasteiger charge is -2.34. The molecule has 8 nitrogen and oxygen atoms in total. The van der Waals surface area contributed by atoms with Gasteiger partial charge in [-0.3, -0.25) is 4.79 Å². The van der Waals surface area contributed by atoms with Crippen LogP contribution in [-0.4, -0.2) is 51.4 Å². The molecule has 1 aromatic carbocycles. The minimum absolute atomic E-state index is 0.289. The monoisotopic (exact) mass is 592 g/mol. The molecule has 1 aliphatic carbocycles. The van der Waals surface area contributed by atoms with Gasteiger partial charge in [-0.05, 0) is 56.0 Å². The van der Waals surface area contributed by atoms with Gasteiger partial charge < -0.3 is 10.1 Å². The van der Waals surface area contributed by atoms with Crippen molar-refractivity contribution in [3.05, 3.63) is 47.7 Å².